The molecule has 4 rings (SSSR count). The lowest BCUT2D eigenvalue weighted by molar-refractivity contribution is 0.126. The Labute approximate surface area is 169 Å². The summed E-state index contributed by atoms with van der Waals surface area (Å²) in [6, 6.07) is 12.6. The zero-order valence-corrected chi connectivity index (χ0v) is 16.7. The molecule has 0 saturated heterocycles. The van der Waals surface area contributed by atoms with Crippen molar-refractivity contribution in [2.75, 3.05) is 10.6 Å². The van der Waals surface area contributed by atoms with Crippen molar-refractivity contribution < 1.29 is 5.11 Å². The Morgan fingerprint density at radius 1 is 1.07 bits per heavy atom. The molecule has 1 aromatic carbocycles. The summed E-state index contributed by atoms with van der Waals surface area (Å²) in [7, 11) is 0. The Bertz CT molecular complexity index is 906. The number of hydrogen-bond donors (Lipinski definition) is 3. The van der Waals surface area contributed by atoms with Crippen LogP contribution in [0.5, 0.6) is 0 Å². The molecule has 0 bridgehead atoms. The average molecular weight is 396 g/mol. The van der Waals surface area contributed by atoms with Crippen LogP contribution in [0.3, 0.4) is 0 Å². The summed E-state index contributed by atoms with van der Waals surface area (Å²) in [5.74, 6) is 1.37. The molecule has 0 aliphatic heterocycles. The normalized spacial score (nSPS) is 19.4. The summed E-state index contributed by atoms with van der Waals surface area (Å²) < 4.78 is 0. The number of rotatable bonds is 6. The fourth-order valence-electron chi connectivity index (χ4n) is 3.45. The van der Waals surface area contributed by atoms with Gasteiger partial charge in [0.1, 0.15) is 5.82 Å². The van der Waals surface area contributed by atoms with Crippen LogP contribution >= 0.6 is 11.3 Å². The molecule has 146 valence electrons. The number of aromatic nitrogens is 3. The summed E-state index contributed by atoms with van der Waals surface area (Å²) in [5.41, 5.74) is 3.16. The van der Waals surface area contributed by atoms with Gasteiger partial charge in [0.2, 0.25) is 5.95 Å². The quantitative estimate of drug-likeness (QED) is 0.577. The minimum Gasteiger partial charge on any atom is -0.393 e. The van der Waals surface area contributed by atoms with Crippen LogP contribution < -0.4 is 10.6 Å². The Kier molecular flexibility index (Phi) is 5.83. The zero-order chi connectivity index (χ0) is 19.3. The highest BCUT2D eigenvalue weighted by molar-refractivity contribution is 7.13. The fourth-order valence-corrected chi connectivity index (χ4v) is 4.14. The first-order chi connectivity index (χ1) is 13.6. The van der Waals surface area contributed by atoms with Crippen molar-refractivity contribution in [1.82, 2.24) is 15.0 Å². The van der Waals surface area contributed by atoms with Gasteiger partial charge in [0.25, 0.3) is 0 Å². The Morgan fingerprint density at radius 2 is 1.86 bits per heavy atom. The molecule has 3 aromatic rings. The smallest absolute Gasteiger partial charge is 0.225 e. The van der Waals surface area contributed by atoms with Gasteiger partial charge < -0.3 is 15.7 Å². The van der Waals surface area contributed by atoms with Crippen LogP contribution in [0.15, 0.2) is 41.8 Å². The lowest BCUT2D eigenvalue weighted by atomic mass is 9.93. The van der Waals surface area contributed by atoms with E-state index in [0.717, 1.165) is 54.4 Å². The molecule has 1 saturated carbocycles. The number of nitrogens with zero attached hydrogens (tertiary/aromatic N) is 3. The molecule has 1 aliphatic carbocycles. The molecule has 6 nitrogen and oxygen atoms in total. The summed E-state index contributed by atoms with van der Waals surface area (Å²) >= 11 is 1.57. The van der Waals surface area contributed by atoms with Crippen LogP contribution in [0.2, 0.25) is 0 Å². The Balaban J connectivity index is 1.56. The van der Waals surface area contributed by atoms with Crippen molar-refractivity contribution in [3.8, 4) is 0 Å². The molecule has 0 atom stereocenters. The van der Waals surface area contributed by atoms with Gasteiger partial charge in [-0.05, 0) is 38.2 Å². The van der Waals surface area contributed by atoms with E-state index < -0.39 is 0 Å². The number of thiazole rings is 1. The molecule has 2 heterocycles. The number of aliphatic hydroxyl groups excluding tert-OH is 1. The monoisotopic (exact) mass is 395 g/mol. The SMILES string of the molecule is Cc1csc(Nc2cc(Cc3ccccc3)nc(NC3CCC(O)CC3)n2)n1. The van der Waals surface area contributed by atoms with Gasteiger partial charge in [-0.15, -0.1) is 11.3 Å². The van der Waals surface area contributed by atoms with Crippen LogP contribution in [0.1, 0.15) is 42.6 Å². The highest BCUT2D eigenvalue weighted by atomic mass is 32.1. The van der Waals surface area contributed by atoms with E-state index in [-0.39, 0.29) is 6.10 Å². The number of aryl methyl sites for hydroxylation is 1. The predicted octanol–water partition coefficient (Wildman–Crippen LogP) is 4.29. The summed E-state index contributed by atoms with van der Waals surface area (Å²) in [5, 5.41) is 19.4. The lowest BCUT2D eigenvalue weighted by Crippen LogP contribution is -2.29. The van der Waals surface area contributed by atoms with Crippen molar-refractivity contribution >= 4 is 28.2 Å². The van der Waals surface area contributed by atoms with Crippen LogP contribution in [-0.4, -0.2) is 32.2 Å². The van der Waals surface area contributed by atoms with Gasteiger partial charge in [-0.25, -0.2) is 9.97 Å². The van der Waals surface area contributed by atoms with E-state index in [2.05, 4.69) is 32.7 Å². The third-order valence-corrected chi connectivity index (χ3v) is 5.77. The molecule has 0 spiro atoms. The van der Waals surface area contributed by atoms with E-state index in [1.807, 2.05) is 36.6 Å². The van der Waals surface area contributed by atoms with Gasteiger partial charge in [0, 0.05) is 23.9 Å². The lowest BCUT2D eigenvalue weighted by Gasteiger charge is -2.26. The molecule has 2 aromatic heterocycles. The van der Waals surface area contributed by atoms with Crippen LogP contribution in [0, 0.1) is 6.92 Å². The van der Waals surface area contributed by atoms with E-state index in [9.17, 15) is 5.11 Å². The molecule has 0 amide bonds. The summed E-state index contributed by atoms with van der Waals surface area (Å²) in [4.78, 5) is 13.9. The maximum Gasteiger partial charge on any atom is 0.225 e. The number of hydrogen-bond acceptors (Lipinski definition) is 7. The molecule has 0 unspecified atom stereocenters. The number of anilines is 3. The van der Waals surface area contributed by atoms with Crippen molar-refractivity contribution in [1.29, 1.82) is 0 Å². The highest BCUT2D eigenvalue weighted by Gasteiger charge is 2.20. The molecular weight excluding hydrogens is 370 g/mol. The second kappa shape index (κ2) is 8.67. The largest absolute Gasteiger partial charge is 0.393 e. The van der Waals surface area contributed by atoms with Crippen molar-refractivity contribution in [2.24, 2.45) is 0 Å². The van der Waals surface area contributed by atoms with E-state index in [0.29, 0.717) is 12.0 Å². The molecule has 7 heteroatoms. The van der Waals surface area contributed by atoms with Gasteiger partial charge in [-0.1, -0.05) is 30.3 Å². The van der Waals surface area contributed by atoms with Gasteiger partial charge >= 0.3 is 0 Å². The summed E-state index contributed by atoms with van der Waals surface area (Å²) in [6.07, 6.45) is 4.08. The maximum atomic E-state index is 9.74. The predicted molar refractivity (Wildman–Crippen MR) is 113 cm³/mol. The van der Waals surface area contributed by atoms with Crippen molar-refractivity contribution in [2.45, 2.75) is 51.2 Å². The molecule has 3 N–H and O–H groups in total. The van der Waals surface area contributed by atoms with Crippen LogP contribution in [-0.2, 0) is 6.42 Å². The Morgan fingerprint density at radius 3 is 2.57 bits per heavy atom. The molecule has 1 aliphatic rings. The molecular formula is C21H25N5OS. The number of nitrogens with one attached hydrogen (secondary N) is 2. The van der Waals surface area contributed by atoms with E-state index in [1.165, 1.54) is 5.56 Å². The standard InChI is InChI=1S/C21H25N5OS/c1-14-13-28-21(22-14)26-19-12-17(11-15-5-3-2-4-6-15)24-20(25-19)23-16-7-9-18(27)10-8-16/h2-6,12-13,16,18,27H,7-11H2,1H3,(H2,22,23,24,25,26). The average Bonchev–Trinajstić information content (AvgIpc) is 3.09. The molecule has 1 fully saturated rings. The van der Waals surface area contributed by atoms with Gasteiger partial charge in [-0.2, -0.15) is 4.98 Å². The first kappa shape index (κ1) is 18.8. The first-order valence-electron chi connectivity index (χ1n) is 9.70. The van der Waals surface area contributed by atoms with Crippen molar-refractivity contribution in [3.63, 3.8) is 0 Å². The minimum atomic E-state index is -0.172. The van der Waals surface area contributed by atoms with Gasteiger partial charge in [0.05, 0.1) is 17.5 Å². The minimum absolute atomic E-state index is 0.172. The van der Waals surface area contributed by atoms with E-state index >= 15 is 0 Å². The van der Waals surface area contributed by atoms with Crippen LogP contribution in [0.4, 0.5) is 16.9 Å². The molecule has 28 heavy (non-hydrogen) atoms. The Hall–Kier alpha value is -2.51. The highest BCUT2D eigenvalue weighted by Crippen LogP contribution is 2.24. The van der Waals surface area contributed by atoms with Gasteiger partial charge in [-0.3, -0.25) is 0 Å². The fraction of sp³-hybridized carbons (Fsp3) is 0.381. The van der Waals surface area contributed by atoms with Crippen molar-refractivity contribution in [3.05, 3.63) is 58.7 Å². The first-order valence-corrected chi connectivity index (χ1v) is 10.6. The summed E-state index contributed by atoms with van der Waals surface area (Å²) in [6.45, 7) is 1.98. The second-order valence-corrected chi connectivity index (χ2v) is 8.16. The zero-order valence-electron chi connectivity index (χ0n) is 15.9. The van der Waals surface area contributed by atoms with Crippen LogP contribution in [0.25, 0.3) is 0 Å². The molecule has 0 radical (unpaired) electrons. The van der Waals surface area contributed by atoms with E-state index in [1.54, 1.807) is 11.3 Å². The van der Waals surface area contributed by atoms with E-state index in [4.69, 9.17) is 4.98 Å². The maximum absolute atomic E-state index is 9.74. The number of benzene rings is 1. The van der Waals surface area contributed by atoms with Gasteiger partial charge in [0.15, 0.2) is 5.13 Å². The second-order valence-electron chi connectivity index (χ2n) is 7.30. The third-order valence-electron chi connectivity index (χ3n) is 4.89. The number of aliphatic hydroxyl groups is 1. The third kappa shape index (κ3) is 5.05. The topological polar surface area (TPSA) is 83.0 Å².